The van der Waals surface area contributed by atoms with Gasteiger partial charge in [0.15, 0.2) is 6.61 Å². The van der Waals surface area contributed by atoms with Gasteiger partial charge in [-0.15, -0.1) is 0 Å². The Morgan fingerprint density at radius 3 is 2.89 bits per heavy atom. The van der Waals surface area contributed by atoms with Crippen LogP contribution in [0.25, 0.3) is 0 Å². The number of carbonyl (C=O) groups is 1. The van der Waals surface area contributed by atoms with Gasteiger partial charge in [0.2, 0.25) is 0 Å². The number of aryl methyl sites for hydroxylation is 3. The highest BCUT2D eigenvalue weighted by atomic mass is 16.5. The van der Waals surface area contributed by atoms with Crippen molar-refractivity contribution in [3.63, 3.8) is 0 Å². The standard InChI is InChI=1S/C21H28N4O2/c1-24-21(10-11-22-24)25-12-4-7-18(14-25)23-20(26)15-27-19-9-8-16-5-2-3-6-17(16)13-19/h8-11,13,18H,2-7,12,14-15H2,1H3,(H,23,26). The summed E-state index contributed by atoms with van der Waals surface area (Å²) in [6.07, 6.45) is 8.65. The second-order valence-corrected chi connectivity index (χ2v) is 7.59. The minimum Gasteiger partial charge on any atom is -0.484 e. The lowest BCUT2D eigenvalue weighted by Crippen LogP contribution is -2.49. The molecule has 1 unspecified atom stereocenters. The third-order valence-corrected chi connectivity index (χ3v) is 5.60. The molecular formula is C21H28N4O2. The summed E-state index contributed by atoms with van der Waals surface area (Å²) >= 11 is 0. The van der Waals surface area contributed by atoms with Gasteiger partial charge in [0, 0.05) is 32.2 Å². The zero-order valence-electron chi connectivity index (χ0n) is 16.0. The van der Waals surface area contributed by atoms with E-state index in [2.05, 4.69) is 27.4 Å². The van der Waals surface area contributed by atoms with Crippen molar-refractivity contribution in [3.8, 4) is 5.75 Å². The van der Waals surface area contributed by atoms with E-state index in [9.17, 15) is 4.79 Å². The largest absolute Gasteiger partial charge is 0.484 e. The topological polar surface area (TPSA) is 59.4 Å². The Labute approximate surface area is 160 Å². The van der Waals surface area contributed by atoms with E-state index in [1.807, 2.05) is 30.1 Å². The van der Waals surface area contributed by atoms with Crippen molar-refractivity contribution in [3.05, 3.63) is 41.6 Å². The van der Waals surface area contributed by atoms with Crippen molar-refractivity contribution in [1.82, 2.24) is 15.1 Å². The van der Waals surface area contributed by atoms with Gasteiger partial charge in [-0.3, -0.25) is 9.48 Å². The van der Waals surface area contributed by atoms with Gasteiger partial charge in [-0.05, 0) is 61.8 Å². The number of nitrogens with zero attached hydrogens (tertiary/aromatic N) is 3. The smallest absolute Gasteiger partial charge is 0.258 e. The van der Waals surface area contributed by atoms with Crippen molar-refractivity contribution < 1.29 is 9.53 Å². The van der Waals surface area contributed by atoms with Crippen LogP contribution in [0.4, 0.5) is 5.82 Å². The second kappa shape index (κ2) is 8.03. The van der Waals surface area contributed by atoms with Gasteiger partial charge in [-0.1, -0.05) is 6.07 Å². The van der Waals surface area contributed by atoms with E-state index in [4.69, 9.17) is 4.74 Å². The Morgan fingerprint density at radius 2 is 2.07 bits per heavy atom. The van der Waals surface area contributed by atoms with Crippen LogP contribution in [0, 0.1) is 0 Å². The number of hydrogen-bond acceptors (Lipinski definition) is 4. The summed E-state index contributed by atoms with van der Waals surface area (Å²) in [6.45, 7) is 1.88. The van der Waals surface area contributed by atoms with Crippen molar-refractivity contribution in [2.24, 2.45) is 7.05 Å². The minimum atomic E-state index is -0.0513. The molecule has 6 heteroatoms. The molecule has 27 heavy (non-hydrogen) atoms. The fraction of sp³-hybridized carbons (Fsp3) is 0.524. The first-order valence-electron chi connectivity index (χ1n) is 9.96. The monoisotopic (exact) mass is 368 g/mol. The van der Waals surface area contributed by atoms with Crippen LogP contribution >= 0.6 is 0 Å². The first kappa shape index (κ1) is 17.9. The maximum absolute atomic E-state index is 12.4. The van der Waals surface area contributed by atoms with Crippen molar-refractivity contribution in [2.45, 2.75) is 44.6 Å². The van der Waals surface area contributed by atoms with Crippen LogP contribution in [0.1, 0.15) is 36.8 Å². The van der Waals surface area contributed by atoms with Crippen LogP contribution < -0.4 is 15.0 Å². The summed E-state index contributed by atoms with van der Waals surface area (Å²) in [5, 5.41) is 7.37. The van der Waals surface area contributed by atoms with Gasteiger partial charge in [-0.2, -0.15) is 5.10 Å². The highest BCUT2D eigenvalue weighted by molar-refractivity contribution is 5.78. The summed E-state index contributed by atoms with van der Waals surface area (Å²) in [6, 6.07) is 8.40. The number of anilines is 1. The van der Waals surface area contributed by atoms with E-state index in [-0.39, 0.29) is 18.6 Å². The molecule has 0 radical (unpaired) electrons. The van der Waals surface area contributed by atoms with Gasteiger partial charge in [0.05, 0.1) is 6.20 Å². The third-order valence-electron chi connectivity index (χ3n) is 5.60. The molecule has 1 saturated heterocycles. The van der Waals surface area contributed by atoms with Crippen LogP contribution in [-0.2, 0) is 24.7 Å². The Morgan fingerprint density at radius 1 is 1.22 bits per heavy atom. The van der Waals surface area contributed by atoms with E-state index in [1.165, 1.54) is 24.0 Å². The zero-order valence-corrected chi connectivity index (χ0v) is 16.0. The molecule has 1 aliphatic heterocycles. The van der Waals surface area contributed by atoms with E-state index >= 15 is 0 Å². The number of aromatic nitrogens is 2. The molecule has 1 N–H and O–H groups in total. The van der Waals surface area contributed by atoms with Gasteiger partial charge in [-0.25, -0.2) is 0 Å². The highest BCUT2D eigenvalue weighted by Crippen LogP contribution is 2.25. The molecule has 2 aromatic rings. The fourth-order valence-electron chi connectivity index (χ4n) is 4.20. The number of fused-ring (bicyclic) bond motifs is 1. The molecule has 0 bridgehead atoms. The lowest BCUT2D eigenvalue weighted by molar-refractivity contribution is -0.123. The maximum Gasteiger partial charge on any atom is 0.258 e. The summed E-state index contributed by atoms with van der Waals surface area (Å²) in [7, 11) is 1.95. The Kier molecular flexibility index (Phi) is 5.32. The SMILES string of the molecule is Cn1nccc1N1CCCC(NC(=O)COc2ccc3c(c2)CCCC3)C1. The Balaban J connectivity index is 1.28. The predicted octanol–water partition coefficient (Wildman–Crippen LogP) is 2.46. The summed E-state index contributed by atoms with van der Waals surface area (Å²) in [5.41, 5.74) is 2.80. The lowest BCUT2D eigenvalue weighted by atomic mass is 9.92. The number of carbonyl (C=O) groups excluding carboxylic acids is 1. The second-order valence-electron chi connectivity index (χ2n) is 7.59. The van der Waals surface area contributed by atoms with Gasteiger partial charge < -0.3 is 15.0 Å². The molecule has 1 aliphatic carbocycles. The van der Waals surface area contributed by atoms with Crippen LogP contribution in [0.5, 0.6) is 5.75 Å². The van der Waals surface area contributed by atoms with E-state index in [1.54, 1.807) is 0 Å². The molecule has 0 spiro atoms. The average Bonchev–Trinajstić information content (AvgIpc) is 3.12. The molecular weight excluding hydrogens is 340 g/mol. The molecule has 4 rings (SSSR count). The number of amides is 1. The fourth-order valence-corrected chi connectivity index (χ4v) is 4.20. The third kappa shape index (κ3) is 4.26. The first-order valence-corrected chi connectivity index (χ1v) is 9.96. The quantitative estimate of drug-likeness (QED) is 0.881. The number of rotatable bonds is 5. The van der Waals surface area contributed by atoms with Gasteiger partial charge >= 0.3 is 0 Å². The molecule has 1 fully saturated rings. The zero-order chi connectivity index (χ0) is 18.6. The Bertz CT molecular complexity index is 801. The van der Waals surface area contributed by atoms with E-state index < -0.39 is 0 Å². The molecule has 1 atom stereocenters. The highest BCUT2D eigenvalue weighted by Gasteiger charge is 2.23. The number of ether oxygens (including phenoxy) is 1. The summed E-state index contributed by atoms with van der Waals surface area (Å²) in [5.74, 6) is 1.84. The molecule has 144 valence electrons. The number of hydrogen-bond donors (Lipinski definition) is 1. The molecule has 2 aliphatic rings. The van der Waals surface area contributed by atoms with Gasteiger partial charge in [0.1, 0.15) is 11.6 Å². The number of piperidine rings is 1. The predicted molar refractivity (Wildman–Crippen MR) is 105 cm³/mol. The van der Waals surface area contributed by atoms with Crippen LogP contribution in [-0.4, -0.2) is 41.4 Å². The first-order chi connectivity index (χ1) is 13.2. The molecule has 1 aromatic carbocycles. The van der Waals surface area contributed by atoms with E-state index in [0.717, 1.165) is 50.3 Å². The van der Waals surface area contributed by atoms with Crippen LogP contribution in [0.15, 0.2) is 30.5 Å². The molecule has 1 amide bonds. The average molecular weight is 368 g/mol. The lowest BCUT2D eigenvalue weighted by Gasteiger charge is -2.34. The minimum absolute atomic E-state index is 0.0513. The maximum atomic E-state index is 12.4. The van der Waals surface area contributed by atoms with Crippen LogP contribution in [0.3, 0.4) is 0 Å². The van der Waals surface area contributed by atoms with Gasteiger partial charge in [0.25, 0.3) is 5.91 Å². The molecule has 0 saturated carbocycles. The van der Waals surface area contributed by atoms with Crippen LogP contribution in [0.2, 0.25) is 0 Å². The summed E-state index contributed by atoms with van der Waals surface area (Å²) in [4.78, 5) is 14.6. The molecule has 2 heterocycles. The molecule has 1 aromatic heterocycles. The van der Waals surface area contributed by atoms with E-state index in [0.29, 0.717) is 0 Å². The van der Waals surface area contributed by atoms with Crippen molar-refractivity contribution in [2.75, 3.05) is 24.6 Å². The van der Waals surface area contributed by atoms with Crippen molar-refractivity contribution >= 4 is 11.7 Å². The number of benzene rings is 1. The number of nitrogens with one attached hydrogen (secondary N) is 1. The Hall–Kier alpha value is -2.50. The van der Waals surface area contributed by atoms with Crippen molar-refractivity contribution in [1.29, 1.82) is 0 Å². The normalized spacial score (nSPS) is 19.4. The molecule has 6 nitrogen and oxygen atoms in total. The summed E-state index contributed by atoms with van der Waals surface area (Å²) < 4.78 is 7.63.